The Morgan fingerprint density at radius 3 is 1.20 bits per heavy atom. The quantitative estimate of drug-likeness (QED) is 0.160. The average molecular weight is 829 g/mol. The number of rotatable bonds is 2. The maximum absolute atomic E-state index is 2.58. The van der Waals surface area contributed by atoms with Crippen LogP contribution in [0.1, 0.15) is 103 Å². The van der Waals surface area contributed by atoms with Crippen LogP contribution in [0.5, 0.6) is 0 Å². The smallest absolute Gasteiger partial charge is 0.252 e. The van der Waals surface area contributed by atoms with Gasteiger partial charge in [-0.15, -0.1) is 0 Å². The van der Waals surface area contributed by atoms with Crippen LogP contribution in [0.25, 0.3) is 0 Å². The largest absolute Gasteiger partial charge is 0.311 e. The molecule has 0 aliphatic carbocycles. The predicted octanol–water partition coefficient (Wildman–Crippen LogP) is 13.9. The third-order valence-electron chi connectivity index (χ3n) is 14.1. The summed E-state index contributed by atoms with van der Waals surface area (Å²) < 4.78 is 0. The van der Waals surface area contributed by atoms with E-state index in [2.05, 4.69) is 219 Å². The highest BCUT2D eigenvalue weighted by atomic mass is 32.2. The van der Waals surface area contributed by atoms with E-state index in [0.717, 1.165) is 0 Å². The average Bonchev–Trinajstić information content (AvgIpc) is 3.22. The molecule has 4 aliphatic rings. The highest BCUT2D eigenvalue weighted by molar-refractivity contribution is 7.99. The molecule has 0 atom stereocenters. The molecule has 7 aromatic carbocycles. The van der Waals surface area contributed by atoms with Crippen LogP contribution >= 0.6 is 23.5 Å². The first-order valence-electron chi connectivity index (χ1n) is 21.9. The molecule has 7 aromatic rings. The first-order chi connectivity index (χ1) is 29.0. The van der Waals surface area contributed by atoms with E-state index in [0.29, 0.717) is 0 Å². The molecule has 0 bridgehead atoms. The fraction of sp³-hybridized carbons (Fsp3) is 0.250. The summed E-state index contributed by atoms with van der Waals surface area (Å²) in [6.07, 6.45) is 0. The molecule has 11 rings (SSSR count). The van der Waals surface area contributed by atoms with Crippen molar-refractivity contribution < 1.29 is 0 Å². The van der Waals surface area contributed by atoms with E-state index in [-0.39, 0.29) is 28.4 Å². The summed E-state index contributed by atoms with van der Waals surface area (Å²) in [5.41, 5.74) is 19.6. The maximum Gasteiger partial charge on any atom is 0.252 e. The number of hydrogen-bond acceptors (Lipinski definition) is 4. The summed E-state index contributed by atoms with van der Waals surface area (Å²) in [4.78, 5) is 10.6. The van der Waals surface area contributed by atoms with Crippen molar-refractivity contribution in [1.82, 2.24) is 0 Å². The van der Waals surface area contributed by atoms with Crippen LogP contribution in [0.2, 0.25) is 0 Å². The third-order valence-corrected chi connectivity index (χ3v) is 16.3. The van der Waals surface area contributed by atoms with Crippen molar-refractivity contribution >= 4 is 80.7 Å². The molecule has 0 unspecified atom stereocenters. The molecule has 302 valence electrons. The van der Waals surface area contributed by atoms with Gasteiger partial charge >= 0.3 is 0 Å². The van der Waals surface area contributed by atoms with Crippen molar-refractivity contribution in [3.63, 3.8) is 0 Å². The van der Waals surface area contributed by atoms with Crippen LogP contribution in [0, 0.1) is 0 Å². The lowest BCUT2D eigenvalue weighted by Crippen LogP contribution is -2.61. The molecule has 0 fully saturated rings. The first-order valence-corrected chi connectivity index (χ1v) is 23.5. The molecule has 0 spiro atoms. The van der Waals surface area contributed by atoms with Crippen LogP contribution in [-0.2, 0) is 21.7 Å². The van der Waals surface area contributed by atoms with Gasteiger partial charge in [0.05, 0.1) is 0 Å². The minimum Gasteiger partial charge on any atom is -0.311 e. The van der Waals surface area contributed by atoms with Gasteiger partial charge in [-0.05, 0) is 121 Å². The lowest BCUT2D eigenvalue weighted by Gasteiger charge is -2.46. The van der Waals surface area contributed by atoms with Crippen LogP contribution < -0.4 is 26.2 Å². The predicted molar refractivity (Wildman–Crippen MR) is 263 cm³/mol. The van der Waals surface area contributed by atoms with E-state index in [1.54, 1.807) is 0 Å². The molecule has 0 saturated heterocycles. The Morgan fingerprint density at radius 1 is 0.410 bits per heavy atom. The van der Waals surface area contributed by atoms with Gasteiger partial charge in [-0.2, -0.15) is 0 Å². The van der Waals surface area contributed by atoms with Gasteiger partial charge in [0.15, 0.2) is 0 Å². The molecule has 0 saturated carbocycles. The van der Waals surface area contributed by atoms with Crippen molar-refractivity contribution in [2.75, 3.05) is 9.80 Å². The Balaban J connectivity index is 1.21. The Morgan fingerprint density at radius 2 is 0.803 bits per heavy atom. The van der Waals surface area contributed by atoms with Gasteiger partial charge in [-0.3, -0.25) is 0 Å². The molecule has 0 N–H and O–H groups in total. The third kappa shape index (κ3) is 5.79. The van der Waals surface area contributed by atoms with Gasteiger partial charge in [0.2, 0.25) is 0 Å². The molecule has 4 heterocycles. The normalized spacial score (nSPS) is 16.4. The van der Waals surface area contributed by atoms with E-state index in [4.69, 9.17) is 0 Å². The number of benzene rings is 7. The van der Waals surface area contributed by atoms with Crippen LogP contribution in [-0.4, -0.2) is 6.71 Å². The van der Waals surface area contributed by atoms with Gasteiger partial charge in [0.25, 0.3) is 6.71 Å². The minimum atomic E-state index is -0.161. The van der Waals surface area contributed by atoms with Crippen molar-refractivity contribution in [1.29, 1.82) is 0 Å². The minimum absolute atomic E-state index is 0.0313. The summed E-state index contributed by atoms with van der Waals surface area (Å²) >= 11 is 3.88. The number of fused-ring (bicyclic) bond motifs is 8. The van der Waals surface area contributed by atoms with E-state index < -0.39 is 0 Å². The Kier molecular flexibility index (Phi) is 8.40. The van der Waals surface area contributed by atoms with E-state index >= 15 is 0 Å². The molecular weight excluding hydrogens is 776 g/mol. The topological polar surface area (TPSA) is 6.48 Å². The summed E-state index contributed by atoms with van der Waals surface area (Å²) in [5.74, 6) is 0. The van der Waals surface area contributed by atoms with Crippen LogP contribution in [0.3, 0.4) is 0 Å². The molecule has 0 radical (unpaired) electrons. The standard InChI is InChI=1S/C56H53BN2S2/c1-53(2,3)34-22-26-36(27-23-34)58-44-18-15-19-45-52(44)57(42-32-50-40(30-46(42)58)55(7,8)38-16-11-13-20-48(38)60-50)43-33-51-41(56(9,10)39-17-12-14-21-49(39)61-51)31-47(43)59(45)37-28-24-35(25-29-37)54(4,5)6/h11-33H,1-10H3. The summed E-state index contributed by atoms with van der Waals surface area (Å²) in [6.45, 7) is 23.5. The Bertz CT molecular complexity index is 2750. The lowest BCUT2D eigenvalue weighted by atomic mass is 9.33. The van der Waals surface area contributed by atoms with Crippen molar-refractivity contribution in [2.24, 2.45) is 0 Å². The molecule has 0 aromatic heterocycles. The second-order valence-electron chi connectivity index (χ2n) is 20.7. The summed E-state index contributed by atoms with van der Waals surface area (Å²) in [5, 5.41) is 0. The second kappa shape index (κ2) is 13.2. The van der Waals surface area contributed by atoms with Gasteiger partial charge in [-0.1, -0.05) is 172 Å². The Labute approximate surface area is 371 Å². The maximum atomic E-state index is 2.58. The number of nitrogens with zero attached hydrogens (tertiary/aromatic N) is 2. The van der Waals surface area contributed by atoms with Crippen molar-refractivity contribution in [3.8, 4) is 0 Å². The second-order valence-corrected chi connectivity index (χ2v) is 22.8. The molecule has 5 heteroatoms. The van der Waals surface area contributed by atoms with E-state index in [9.17, 15) is 0 Å². The SMILES string of the molecule is CC(C)(C)c1ccc(N2c3cc4c(cc3B3c5cc6c(cc5N(c5ccc(C(C)(C)C)cc5)c5cccc2c53)C(C)(C)c2ccccc2S6)Sc2ccccc2C4(C)C)cc1. The number of anilines is 6. The monoisotopic (exact) mass is 828 g/mol. The van der Waals surface area contributed by atoms with E-state index in [1.165, 1.54) is 103 Å². The van der Waals surface area contributed by atoms with Gasteiger partial charge in [-0.25, -0.2) is 0 Å². The van der Waals surface area contributed by atoms with Crippen LogP contribution in [0.4, 0.5) is 34.1 Å². The van der Waals surface area contributed by atoms with E-state index in [1.807, 2.05) is 23.5 Å². The lowest BCUT2D eigenvalue weighted by molar-refractivity contribution is 0.590. The van der Waals surface area contributed by atoms with Gasteiger partial charge < -0.3 is 9.80 Å². The molecular formula is C56H53BN2S2. The Hall–Kier alpha value is -5.10. The van der Waals surface area contributed by atoms with Gasteiger partial charge in [0, 0.05) is 64.5 Å². The fourth-order valence-corrected chi connectivity index (χ4v) is 13.4. The molecule has 4 aliphatic heterocycles. The summed E-state index contributed by atoms with van der Waals surface area (Å²) in [7, 11) is 0. The highest BCUT2D eigenvalue weighted by Gasteiger charge is 2.47. The van der Waals surface area contributed by atoms with Crippen LogP contribution in [0.15, 0.2) is 159 Å². The number of hydrogen-bond donors (Lipinski definition) is 0. The molecule has 0 amide bonds. The summed E-state index contributed by atoms with van der Waals surface area (Å²) in [6, 6.07) is 54.1. The van der Waals surface area contributed by atoms with Crippen molar-refractivity contribution in [2.45, 2.75) is 110 Å². The van der Waals surface area contributed by atoms with Crippen molar-refractivity contribution in [3.05, 3.63) is 173 Å². The molecule has 61 heavy (non-hydrogen) atoms. The zero-order valence-corrected chi connectivity index (χ0v) is 38.7. The fourth-order valence-electron chi connectivity index (χ4n) is 10.6. The first kappa shape index (κ1) is 38.8. The zero-order chi connectivity index (χ0) is 42.4. The van der Waals surface area contributed by atoms with Gasteiger partial charge in [0.1, 0.15) is 0 Å². The molecule has 2 nitrogen and oxygen atoms in total. The zero-order valence-electron chi connectivity index (χ0n) is 37.1. The highest BCUT2D eigenvalue weighted by Crippen LogP contribution is 2.54.